The number of thiophene rings is 1. The van der Waals surface area contributed by atoms with Gasteiger partial charge in [-0.2, -0.15) is 11.3 Å². The summed E-state index contributed by atoms with van der Waals surface area (Å²) in [5.41, 5.74) is 10.5. The third kappa shape index (κ3) is 3.12. The SMILES string of the molecule is Cc1cc(CN)cc(C)c1OCCc1ccsc1. The summed E-state index contributed by atoms with van der Waals surface area (Å²) in [4.78, 5) is 0. The van der Waals surface area contributed by atoms with Crippen molar-refractivity contribution in [2.45, 2.75) is 26.8 Å². The summed E-state index contributed by atoms with van der Waals surface area (Å²) in [6, 6.07) is 6.35. The van der Waals surface area contributed by atoms with Gasteiger partial charge in [0.25, 0.3) is 0 Å². The van der Waals surface area contributed by atoms with E-state index in [0.717, 1.165) is 24.3 Å². The molecule has 0 unspecified atom stereocenters. The number of nitrogens with two attached hydrogens (primary N) is 1. The van der Waals surface area contributed by atoms with Crippen molar-refractivity contribution < 1.29 is 4.74 Å². The van der Waals surface area contributed by atoms with Crippen LogP contribution in [0.3, 0.4) is 0 Å². The molecule has 2 N–H and O–H groups in total. The average molecular weight is 261 g/mol. The van der Waals surface area contributed by atoms with E-state index in [0.29, 0.717) is 6.54 Å². The topological polar surface area (TPSA) is 35.2 Å². The fourth-order valence-corrected chi connectivity index (χ4v) is 2.79. The quantitative estimate of drug-likeness (QED) is 0.894. The molecule has 0 radical (unpaired) electrons. The van der Waals surface area contributed by atoms with Crippen LogP contribution < -0.4 is 10.5 Å². The minimum absolute atomic E-state index is 0.580. The highest BCUT2D eigenvalue weighted by molar-refractivity contribution is 7.07. The van der Waals surface area contributed by atoms with E-state index in [1.165, 1.54) is 16.7 Å². The first-order chi connectivity index (χ1) is 8.70. The lowest BCUT2D eigenvalue weighted by Gasteiger charge is -2.13. The number of rotatable bonds is 5. The molecular formula is C15H19NOS. The van der Waals surface area contributed by atoms with E-state index in [-0.39, 0.29) is 0 Å². The minimum Gasteiger partial charge on any atom is -0.493 e. The Morgan fingerprint density at radius 2 is 1.89 bits per heavy atom. The Morgan fingerprint density at radius 3 is 2.44 bits per heavy atom. The van der Waals surface area contributed by atoms with Crippen LogP contribution in [0.15, 0.2) is 29.0 Å². The molecule has 1 aromatic heterocycles. The van der Waals surface area contributed by atoms with Gasteiger partial charge in [-0.25, -0.2) is 0 Å². The van der Waals surface area contributed by atoms with Crippen LogP contribution in [-0.2, 0) is 13.0 Å². The second-order valence-electron chi connectivity index (χ2n) is 4.49. The Labute approximate surface area is 112 Å². The van der Waals surface area contributed by atoms with Crippen molar-refractivity contribution in [3.05, 3.63) is 51.2 Å². The molecular weight excluding hydrogens is 242 g/mol. The Hall–Kier alpha value is -1.32. The first kappa shape index (κ1) is 13.1. The first-order valence-electron chi connectivity index (χ1n) is 6.14. The van der Waals surface area contributed by atoms with E-state index < -0.39 is 0 Å². The molecule has 0 aliphatic heterocycles. The Balaban J connectivity index is 2.01. The molecule has 2 nitrogen and oxygen atoms in total. The van der Waals surface area contributed by atoms with Gasteiger partial charge in [0.15, 0.2) is 0 Å². The summed E-state index contributed by atoms with van der Waals surface area (Å²) in [5, 5.41) is 4.27. The van der Waals surface area contributed by atoms with Crippen LogP contribution in [0, 0.1) is 13.8 Å². The molecule has 0 aliphatic carbocycles. The Kier molecular flexibility index (Phi) is 4.39. The van der Waals surface area contributed by atoms with Gasteiger partial charge in [-0.3, -0.25) is 0 Å². The third-order valence-corrected chi connectivity index (χ3v) is 3.71. The van der Waals surface area contributed by atoms with E-state index in [4.69, 9.17) is 10.5 Å². The van der Waals surface area contributed by atoms with Crippen molar-refractivity contribution in [3.8, 4) is 5.75 Å². The molecule has 0 amide bonds. The fraction of sp³-hybridized carbons (Fsp3) is 0.333. The molecule has 0 spiro atoms. The lowest BCUT2D eigenvalue weighted by Crippen LogP contribution is -2.05. The van der Waals surface area contributed by atoms with E-state index in [2.05, 4.69) is 42.8 Å². The zero-order valence-corrected chi connectivity index (χ0v) is 11.7. The van der Waals surface area contributed by atoms with Gasteiger partial charge in [-0.05, 0) is 52.9 Å². The van der Waals surface area contributed by atoms with Crippen LogP contribution >= 0.6 is 11.3 Å². The van der Waals surface area contributed by atoms with Gasteiger partial charge in [-0.15, -0.1) is 0 Å². The van der Waals surface area contributed by atoms with Crippen molar-refractivity contribution in [2.75, 3.05) is 6.61 Å². The van der Waals surface area contributed by atoms with Gasteiger partial charge in [0, 0.05) is 13.0 Å². The number of benzene rings is 1. The van der Waals surface area contributed by atoms with Gasteiger partial charge in [-0.1, -0.05) is 12.1 Å². The number of ether oxygens (including phenoxy) is 1. The number of aryl methyl sites for hydroxylation is 2. The average Bonchev–Trinajstić information content (AvgIpc) is 2.85. The van der Waals surface area contributed by atoms with Gasteiger partial charge >= 0.3 is 0 Å². The molecule has 3 heteroatoms. The van der Waals surface area contributed by atoms with Crippen LogP contribution in [0.5, 0.6) is 5.75 Å². The van der Waals surface area contributed by atoms with E-state index in [1.54, 1.807) is 11.3 Å². The monoisotopic (exact) mass is 261 g/mol. The van der Waals surface area contributed by atoms with Crippen LogP contribution in [0.4, 0.5) is 0 Å². The normalized spacial score (nSPS) is 10.6. The summed E-state index contributed by atoms with van der Waals surface area (Å²) in [7, 11) is 0. The maximum Gasteiger partial charge on any atom is 0.125 e. The molecule has 0 bridgehead atoms. The zero-order valence-electron chi connectivity index (χ0n) is 10.9. The Bertz CT molecular complexity index is 482. The minimum atomic E-state index is 0.580. The van der Waals surface area contributed by atoms with Crippen molar-refractivity contribution >= 4 is 11.3 Å². The Morgan fingerprint density at radius 1 is 1.17 bits per heavy atom. The molecule has 0 saturated carbocycles. The van der Waals surface area contributed by atoms with Crippen LogP contribution in [-0.4, -0.2) is 6.61 Å². The highest BCUT2D eigenvalue weighted by atomic mass is 32.1. The molecule has 18 heavy (non-hydrogen) atoms. The summed E-state index contributed by atoms with van der Waals surface area (Å²) < 4.78 is 5.90. The van der Waals surface area contributed by atoms with Gasteiger partial charge in [0.1, 0.15) is 5.75 Å². The van der Waals surface area contributed by atoms with Crippen molar-refractivity contribution in [3.63, 3.8) is 0 Å². The smallest absolute Gasteiger partial charge is 0.125 e. The number of hydrogen-bond donors (Lipinski definition) is 1. The first-order valence-corrected chi connectivity index (χ1v) is 7.09. The number of hydrogen-bond acceptors (Lipinski definition) is 3. The molecule has 2 aromatic rings. The lowest BCUT2D eigenvalue weighted by atomic mass is 10.1. The predicted octanol–water partition coefficient (Wildman–Crippen LogP) is 3.45. The molecule has 0 saturated heterocycles. The summed E-state index contributed by atoms with van der Waals surface area (Å²) in [5.74, 6) is 1.00. The zero-order chi connectivity index (χ0) is 13.0. The summed E-state index contributed by atoms with van der Waals surface area (Å²) >= 11 is 1.73. The second-order valence-corrected chi connectivity index (χ2v) is 5.27. The van der Waals surface area contributed by atoms with Crippen molar-refractivity contribution in [2.24, 2.45) is 5.73 Å². The van der Waals surface area contributed by atoms with Crippen LogP contribution in [0.1, 0.15) is 22.3 Å². The third-order valence-electron chi connectivity index (χ3n) is 2.97. The highest BCUT2D eigenvalue weighted by Gasteiger charge is 2.06. The van der Waals surface area contributed by atoms with Crippen molar-refractivity contribution in [1.82, 2.24) is 0 Å². The molecule has 1 heterocycles. The highest BCUT2D eigenvalue weighted by Crippen LogP contribution is 2.25. The maximum atomic E-state index is 5.90. The molecule has 0 aliphatic rings. The van der Waals surface area contributed by atoms with E-state index >= 15 is 0 Å². The molecule has 2 rings (SSSR count). The predicted molar refractivity (Wildman–Crippen MR) is 77.3 cm³/mol. The molecule has 1 aromatic carbocycles. The van der Waals surface area contributed by atoms with Gasteiger partial charge < -0.3 is 10.5 Å². The van der Waals surface area contributed by atoms with Crippen LogP contribution in [0.2, 0.25) is 0 Å². The maximum absolute atomic E-state index is 5.90. The summed E-state index contributed by atoms with van der Waals surface area (Å²) in [6.07, 6.45) is 0.959. The second kappa shape index (κ2) is 6.03. The van der Waals surface area contributed by atoms with E-state index in [9.17, 15) is 0 Å². The molecule has 0 fully saturated rings. The summed E-state index contributed by atoms with van der Waals surface area (Å²) in [6.45, 7) is 5.45. The van der Waals surface area contributed by atoms with Gasteiger partial charge in [0.2, 0.25) is 0 Å². The van der Waals surface area contributed by atoms with Crippen LogP contribution in [0.25, 0.3) is 0 Å². The van der Waals surface area contributed by atoms with E-state index in [1.807, 2.05) is 0 Å². The van der Waals surface area contributed by atoms with Gasteiger partial charge in [0.05, 0.1) is 6.61 Å². The molecule has 96 valence electrons. The standard InChI is InChI=1S/C15H19NOS/c1-11-7-14(9-16)8-12(2)15(11)17-5-3-13-4-6-18-10-13/h4,6-8,10H,3,5,9,16H2,1-2H3. The van der Waals surface area contributed by atoms with Crippen molar-refractivity contribution in [1.29, 1.82) is 0 Å². The molecule has 0 atom stereocenters. The lowest BCUT2D eigenvalue weighted by molar-refractivity contribution is 0.317. The largest absolute Gasteiger partial charge is 0.493 e. The fourth-order valence-electron chi connectivity index (χ4n) is 2.09.